The zero-order valence-corrected chi connectivity index (χ0v) is 11.2. The van der Waals surface area contributed by atoms with Crippen LogP contribution in [0.5, 0.6) is 0 Å². The van der Waals surface area contributed by atoms with Gasteiger partial charge in [-0.2, -0.15) is 0 Å². The van der Waals surface area contributed by atoms with Gasteiger partial charge in [-0.25, -0.2) is 0 Å². The summed E-state index contributed by atoms with van der Waals surface area (Å²) in [6, 6.07) is 1.99. The van der Waals surface area contributed by atoms with Crippen LogP contribution in [0.1, 0.15) is 18.1 Å². The first kappa shape index (κ1) is 14.6. The Bertz CT molecular complexity index is 382. The van der Waals surface area contributed by atoms with E-state index in [1.165, 1.54) is 5.56 Å². The summed E-state index contributed by atoms with van der Waals surface area (Å²) in [5.41, 5.74) is 2.28. The summed E-state index contributed by atoms with van der Waals surface area (Å²) in [6.07, 6.45) is 3.58. The number of hydrogen-bond donors (Lipinski definition) is 2. The number of rotatable bonds is 7. The highest BCUT2D eigenvalue weighted by molar-refractivity contribution is 5.78. The standard InChI is InChI=1S/C13H21N3O2/c1-10-4-5-14-6-12(10)7-15-8-13(17)16-11(2)9-18-3/h4-6,11,15H,7-9H2,1-3H3,(H,16,17). The molecule has 18 heavy (non-hydrogen) atoms. The molecule has 0 aromatic carbocycles. The summed E-state index contributed by atoms with van der Waals surface area (Å²) >= 11 is 0. The smallest absolute Gasteiger partial charge is 0.234 e. The molecule has 1 amide bonds. The number of aryl methyl sites for hydroxylation is 1. The first-order chi connectivity index (χ1) is 8.63. The first-order valence-electron chi connectivity index (χ1n) is 6.02. The number of ether oxygens (including phenoxy) is 1. The van der Waals surface area contributed by atoms with E-state index < -0.39 is 0 Å². The first-order valence-corrected chi connectivity index (χ1v) is 6.02. The summed E-state index contributed by atoms with van der Waals surface area (Å²) in [5, 5.41) is 5.94. The molecule has 0 bridgehead atoms. The van der Waals surface area contributed by atoms with Gasteiger partial charge in [0.25, 0.3) is 0 Å². The molecule has 1 heterocycles. The Hall–Kier alpha value is -1.46. The molecule has 1 atom stereocenters. The Morgan fingerprint density at radius 2 is 2.33 bits per heavy atom. The number of carbonyl (C=O) groups excluding carboxylic acids is 1. The molecular formula is C13H21N3O2. The van der Waals surface area contributed by atoms with Crippen molar-refractivity contribution in [2.24, 2.45) is 0 Å². The third-order valence-corrected chi connectivity index (χ3v) is 2.57. The highest BCUT2D eigenvalue weighted by Gasteiger charge is 2.06. The molecule has 0 aliphatic rings. The fourth-order valence-corrected chi connectivity index (χ4v) is 1.61. The van der Waals surface area contributed by atoms with E-state index in [0.29, 0.717) is 19.7 Å². The maximum atomic E-state index is 11.6. The van der Waals surface area contributed by atoms with Gasteiger partial charge in [-0.15, -0.1) is 0 Å². The Labute approximate surface area is 108 Å². The van der Waals surface area contributed by atoms with Gasteiger partial charge in [0.05, 0.1) is 13.2 Å². The van der Waals surface area contributed by atoms with Crippen LogP contribution in [0.3, 0.4) is 0 Å². The lowest BCUT2D eigenvalue weighted by Crippen LogP contribution is -2.40. The Balaban J connectivity index is 2.25. The van der Waals surface area contributed by atoms with E-state index in [9.17, 15) is 4.79 Å². The van der Waals surface area contributed by atoms with Crippen LogP contribution >= 0.6 is 0 Å². The van der Waals surface area contributed by atoms with Crippen molar-refractivity contribution in [2.75, 3.05) is 20.3 Å². The fourth-order valence-electron chi connectivity index (χ4n) is 1.61. The minimum atomic E-state index is -0.0268. The molecular weight excluding hydrogens is 230 g/mol. The van der Waals surface area contributed by atoms with Gasteiger partial charge in [-0.1, -0.05) is 0 Å². The minimum Gasteiger partial charge on any atom is -0.383 e. The van der Waals surface area contributed by atoms with Gasteiger partial charge in [0.15, 0.2) is 0 Å². The summed E-state index contributed by atoms with van der Waals surface area (Å²) in [6.45, 7) is 5.40. The molecule has 2 N–H and O–H groups in total. The van der Waals surface area contributed by atoms with Crippen molar-refractivity contribution in [3.05, 3.63) is 29.6 Å². The summed E-state index contributed by atoms with van der Waals surface area (Å²) in [7, 11) is 1.62. The van der Waals surface area contributed by atoms with Crippen LogP contribution in [-0.4, -0.2) is 37.2 Å². The lowest BCUT2D eigenvalue weighted by molar-refractivity contribution is -0.121. The number of carbonyl (C=O) groups is 1. The second kappa shape index (κ2) is 7.79. The molecule has 0 aliphatic carbocycles. The van der Waals surface area contributed by atoms with Gasteiger partial charge in [0, 0.05) is 32.1 Å². The lowest BCUT2D eigenvalue weighted by atomic mass is 10.1. The molecule has 1 unspecified atom stereocenters. The molecule has 0 spiro atoms. The number of hydrogen-bond acceptors (Lipinski definition) is 4. The number of aromatic nitrogens is 1. The van der Waals surface area contributed by atoms with Crippen LogP contribution in [0, 0.1) is 6.92 Å². The van der Waals surface area contributed by atoms with Gasteiger partial charge < -0.3 is 15.4 Å². The van der Waals surface area contributed by atoms with E-state index in [-0.39, 0.29) is 11.9 Å². The Kier molecular flexibility index (Phi) is 6.32. The zero-order chi connectivity index (χ0) is 13.4. The highest BCUT2D eigenvalue weighted by Crippen LogP contribution is 2.03. The van der Waals surface area contributed by atoms with E-state index in [1.807, 2.05) is 26.1 Å². The Morgan fingerprint density at radius 3 is 3.00 bits per heavy atom. The minimum absolute atomic E-state index is 0.0268. The second-order valence-corrected chi connectivity index (χ2v) is 4.33. The second-order valence-electron chi connectivity index (χ2n) is 4.33. The maximum absolute atomic E-state index is 11.6. The van der Waals surface area contributed by atoms with Crippen LogP contribution in [0.2, 0.25) is 0 Å². The van der Waals surface area contributed by atoms with Gasteiger partial charge in [-0.05, 0) is 31.0 Å². The van der Waals surface area contributed by atoms with E-state index >= 15 is 0 Å². The number of nitrogens with one attached hydrogen (secondary N) is 2. The van der Waals surface area contributed by atoms with Gasteiger partial charge in [0.2, 0.25) is 5.91 Å². The maximum Gasteiger partial charge on any atom is 0.234 e. The summed E-state index contributed by atoms with van der Waals surface area (Å²) in [4.78, 5) is 15.6. The zero-order valence-electron chi connectivity index (χ0n) is 11.2. The van der Waals surface area contributed by atoms with Crippen LogP contribution in [-0.2, 0) is 16.1 Å². The third kappa shape index (κ3) is 5.25. The van der Waals surface area contributed by atoms with Crippen molar-refractivity contribution < 1.29 is 9.53 Å². The number of nitrogens with zero attached hydrogens (tertiary/aromatic N) is 1. The van der Waals surface area contributed by atoms with Gasteiger partial charge >= 0.3 is 0 Å². The normalized spacial score (nSPS) is 12.2. The SMILES string of the molecule is COCC(C)NC(=O)CNCc1cnccc1C. The van der Waals surface area contributed by atoms with Crippen molar-refractivity contribution in [3.63, 3.8) is 0 Å². The van der Waals surface area contributed by atoms with E-state index in [1.54, 1.807) is 13.3 Å². The van der Waals surface area contributed by atoms with Crippen molar-refractivity contribution in [1.82, 2.24) is 15.6 Å². The molecule has 0 saturated heterocycles. The van der Waals surface area contributed by atoms with Crippen molar-refractivity contribution >= 4 is 5.91 Å². The van der Waals surface area contributed by atoms with Gasteiger partial charge in [-0.3, -0.25) is 9.78 Å². The number of methoxy groups -OCH3 is 1. The average Bonchev–Trinajstić information content (AvgIpc) is 2.31. The molecule has 1 rings (SSSR count). The van der Waals surface area contributed by atoms with Crippen LogP contribution in [0.15, 0.2) is 18.5 Å². The molecule has 1 aromatic rings. The molecule has 0 saturated carbocycles. The van der Waals surface area contributed by atoms with Crippen molar-refractivity contribution in [1.29, 1.82) is 0 Å². The molecule has 5 heteroatoms. The van der Waals surface area contributed by atoms with Gasteiger partial charge in [0.1, 0.15) is 0 Å². The number of amides is 1. The topological polar surface area (TPSA) is 63.2 Å². The summed E-state index contributed by atoms with van der Waals surface area (Å²) in [5.74, 6) is -0.0268. The molecule has 1 aromatic heterocycles. The van der Waals surface area contributed by atoms with Crippen LogP contribution < -0.4 is 10.6 Å². The van der Waals surface area contributed by atoms with Crippen molar-refractivity contribution in [2.45, 2.75) is 26.4 Å². The molecule has 0 radical (unpaired) electrons. The molecule has 5 nitrogen and oxygen atoms in total. The monoisotopic (exact) mass is 251 g/mol. The molecule has 100 valence electrons. The summed E-state index contributed by atoms with van der Waals surface area (Å²) < 4.78 is 4.95. The lowest BCUT2D eigenvalue weighted by Gasteiger charge is -2.13. The molecule has 0 aliphatic heterocycles. The average molecular weight is 251 g/mol. The predicted octanol–water partition coefficient (Wildman–Crippen LogP) is 0.631. The van der Waals surface area contributed by atoms with E-state index in [2.05, 4.69) is 15.6 Å². The highest BCUT2D eigenvalue weighted by atomic mass is 16.5. The van der Waals surface area contributed by atoms with Crippen LogP contribution in [0.4, 0.5) is 0 Å². The third-order valence-electron chi connectivity index (χ3n) is 2.57. The Morgan fingerprint density at radius 1 is 1.56 bits per heavy atom. The van der Waals surface area contributed by atoms with Crippen LogP contribution in [0.25, 0.3) is 0 Å². The predicted molar refractivity (Wildman–Crippen MR) is 70.2 cm³/mol. The van der Waals surface area contributed by atoms with Crippen molar-refractivity contribution in [3.8, 4) is 0 Å². The largest absolute Gasteiger partial charge is 0.383 e. The van der Waals surface area contributed by atoms with E-state index in [0.717, 1.165) is 5.56 Å². The molecule has 0 fully saturated rings. The van der Waals surface area contributed by atoms with E-state index in [4.69, 9.17) is 4.74 Å². The number of pyridine rings is 1. The fraction of sp³-hybridized carbons (Fsp3) is 0.538. The quantitative estimate of drug-likeness (QED) is 0.746.